The molecular formula is C33H53O6P. The van der Waals surface area contributed by atoms with E-state index in [9.17, 15) is 20.0 Å². The predicted octanol–water partition coefficient (Wildman–Crippen LogP) is 7.20. The first-order valence-corrected chi connectivity index (χ1v) is 15.2. The molecule has 0 saturated carbocycles. The fourth-order valence-electron chi connectivity index (χ4n) is 5.18. The number of para-hydroxylation sites is 1. The fourth-order valence-corrected chi connectivity index (χ4v) is 5.55. The number of hydrogen-bond acceptors (Lipinski definition) is 6. The molecule has 2 aromatic carbocycles. The molecule has 0 radical (unpaired) electrons. The minimum absolute atomic E-state index is 0.264. The average molecular weight is 577 g/mol. The Bertz CT molecular complexity index is 1060. The van der Waals surface area contributed by atoms with Crippen molar-refractivity contribution in [3.05, 3.63) is 64.2 Å². The highest BCUT2D eigenvalue weighted by Gasteiger charge is 2.47. The van der Waals surface area contributed by atoms with Crippen LogP contribution >= 0.6 is 8.60 Å². The fraction of sp³-hybridized carbons (Fsp3) is 0.636. The summed E-state index contributed by atoms with van der Waals surface area (Å²) in [4.78, 5) is 19.4. The molecule has 0 fully saturated rings. The van der Waals surface area contributed by atoms with Crippen molar-refractivity contribution in [2.75, 3.05) is 19.8 Å². The Morgan fingerprint density at radius 3 is 1.27 bits per heavy atom. The Hall–Kier alpha value is -1.53. The standard InChI is InChI=1S/C33H53O6P/c1-29(2,3)22-15-13-16-23(30(4,5)6)26(22)28(33(19-34,20-35)21-38-40(36)37)39-27-24(31(7,8)9)17-14-18-25(27)32(10,11)12/h13-18,28,34-37H,19-21H2,1-12H3. The quantitative estimate of drug-likeness (QED) is 0.236. The zero-order valence-corrected chi connectivity index (χ0v) is 27.6. The van der Waals surface area contributed by atoms with Crippen LogP contribution in [-0.2, 0) is 26.2 Å². The Balaban J connectivity index is 3.13. The van der Waals surface area contributed by atoms with Gasteiger partial charge in [0.2, 0.25) is 0 Å². The molecular weight excluding hydrogens is 523 g/mol. The van der Waals surface area contributed by atoms with Crippen molar-refractivity contribution in [3.8, 4) is 5.75 Å². The van der Waals surface area contributed by atoms with Crippen molar-refractivity contribution in [2.24, 2.45) is 5.41 Å². The highest BCUT2D eigenvalue weighted by Crippen LogP contribution is 2.50. The minimum Gasteiger partial charge on any atom is -0.484 e. The van der Waals surface area contributed by atoms with Gasteiger partial charge in [0.25, 0.3) is 0 Å². The molecule has 2 rings (SSSR count). The van der Waals surface area contributed by atoms with E-state index in [4.69, 9.17) is 9.26 Å². The third-order valence-electron chi connectivity index (χ3n) is 7.50. The zero-order valence-electron chi connectivity index (χ0n) is 26.7. The summed E-state index contributed by atoms with van der Waals surface area (Å²) in [6.45, 7) is 24.3. The molecule has 1 atom stereocenters. The van der Waals surface area contributed by atoms with Crippen molar-refractivity contribution in [2.45, 2.75) is 111 Å². The van der Waals surface area contributed by atoms with Crippen molar-refractivity contribution >= 4 is 8.60 Å². The van der Waals surface area contributed by atoms with E-state index in [1.54, 1.807) is 0 Å². The molecule has 40 heavy (non-hydrogen) atoms. The van der Waals surface area contributed by atoms with Gasteiger partial charge in [-0.25, -0.2) is 0 Å². The van der Waals surface area contributed by atoms with Crippen molar-refractivity contribution in [1.29, 1.82) is 0 Å². The zero-order chi connectivity index (χ0) is 30.9. The molecule has 0 heterocycles. The molecule has 0 aliphatic heterocycles. The summed E-state index contributed by atoms with van der Waals surface area (Å²) in [7, 11) is -2.72. The average Bonchev–Trinajstić information content (AvgIpc) is 2.81. The van der Waals surface area contributed by atoms with E-state index in [1.807, 2.05) is 12.1 Å². The van der Waals surface area contributed by atoms with Crippen LogP contribution in [0.4, 0.5) is 0 Å². The maximum Gasteiger partial charge on any atom is 0.327 e. The van der Waals surface area contributed by atoms with E-state index in [-0.39, 0.29) is 28.3 Å². The van der Waals surface area contributed by atoms with Gasteiger partial charge >= 0.3 is 8.60 Å². The summed E-state index contributed by atoms with van der Waals surface area (Å²) in [5, 5.41) is 21.9. The predicted molar refractivity (Wildman–Crippen MR) is 165 cm³/mol. The van der Waals surface area contributed by atoms with Gasteiger partial charge in [-0.05, 0) is 43.9 Å². The summed E-state index contributed by atoms with van der Waals surface area (Å²) >= 11 is 0. The lowest BCUT2D eigenvalue weighted by Gasteiger charge is -2.43. The molecule has 0 saturated heterocycles. The lowest BCUT2D eigenvalue weighted by atomic mass is 9.69. The van der Waals surface area contributed by atoms with Gasteiger partial charge in [0.05, 0.1) is 25.2 Å². The highest BCUT2D eigenvalue weighted by atomic mass is 31.2. The van der Waals surface area contributed by atoms with Crippen LogP contribution in [-0.4, -0.2) is 39.8 Å². The Morgan fingerprint density at radius 1 is 0.625 bits per heavy atom. The first kappa shape index (κ1) is 34.7. The van der Waals surface area contributed by atoms with Gasteiger partial charge < -0.3 is 29.3 Å². The first-order valence-electron chi connectivity index (χ1n) is 14.1. The first-order chi connectivity index (χ1) is 18.1. The van der Waals surface area contributed by atoms with E-state index >= 15 is 0 Å². The van der Waals surface area contributed by atoms with Crippen LogP contribution in [0, 0.1) is 5.41 Å². The summed E-state index contributed by atoms with van der Waals surface area (Å²) in [6, 6.07) is 12.4. The van der Waals surface area contributed by atoms with Crippen LogP contribution in [0.2, 0.25) is 0 Å². The molecule has 7 heteroatoms. The molecule has 2 aromatic rings. The minimum atomic E-state index is -2.72. The molecule has 1 unspecified atom stereocenters. The van der Waals surface area contributed by atoms with Gasteiger partial charge in [-0.1, -0.05) is 119 Å². The van der Waals surface area contributed by atoms with Crippen LogP contribution in [0.1, 0.15) is 117 Å². The van der Waals surface area contributed by atoms with Crippen LogP contribution in [0.25, 0.3) is 0 Å². The molecule has 0 bridgehead atoms. The molecule has 6 nitrogen and oxygen atoms in total. The van der Waals surface area contributed by atoms with E-state index in [0.717, 1.165) is 27.8 Å². The lowest BCUT2D eigenvalue weighted by molar-refractivity contribution is -0.0717. The maximum atomic E-state index is 11.0. The smallest absolute Gasteiger partial charge is 0.327 e. The number of aliphatic hydroxyl groups is 2. The highest BCUT2D eigenvalue weighted by molar-refractivity contribution is 7.39. The number of rotatable bonds is 9. The lowest BCUT2D eigenvalue weighted by Crippen LogP contribution is -2.45. The molecule has 0 aromatic heterocycles. The SMILES string of the molecule is CC(C)(C)c1cccc(C(C)(C)C)c1OC(c1c(C(C)(C)C)cccc1C(C)(C)C)C(CO)(CO)COP(O)O. The topological polar surface area (TPSA) is 99.4 Å². The monoisotopic (exact) mass is 576 g/mol. The van der Waals surface area contributed by atoms with Gasteiger partial charge in [0, 0.05) is 5.56 Å². The maximum absolute atomic E-state index is 11.0. The Morgan fingerprint density at radius 2 is 0.975 bits per heavy atom. The largest absolute Gasteiger partial charge is 0.484 e. The number of benzene rings is 2. The second kappa shape index (κ2) is 12.4. The molecule has 0 spiro atoms. The van der Waals surface area contributed by atoms with Gasteiger partial charge in [-0.2, -0.15) is 0 Å². The third-order valence-corrected chi connectivity index (χ3v) is 7.86. The molecule has 0 aliphatic carbocycles. The van der Waals surface area contributed by atoms with E-state index in [0.29, 0.717) is 5.75 Å². The summed E-state index contributed by atoms with van der Waals surface area (Å²) in [5.41, 5.74) is 2.42. The molecule has 4 N–H and O–H groups in total. The Kier molecular flexibility index (Phi) is 10.7. The van der Waals surface area contributed by atoms with Crippen LogP contribution < -0.4 is 4.74 Å². The number of ether oxygens (including phenoxy) is 1. The molecule has 0 aliphatic rings. The van der Waals surface area contributed by atoms with E-state index < -0.39 is 33.3 Å². The number of hydrogen-bond donors (Lipinski definition) is 4. The Labute approximate surface area is 243 Å². The summed E-state index contributed by atoms with van der Waals surface area (Å²) in [5.74, 6) is 0.706. The van der Waals surface area contributed by atoms with E-state index in [1.165, 1.54) is 0 Å². The summed E-state index contributed by atoms with van der Waals surface area (Å²) in [6.07, 6.45) is -0.883. The van der Waals surface area contributed by atoms with Gasteiger partial charge in [0.1, 0.15) is 11.9 Å². The van der Waals surface area contributed by atoms with Crippen molar-refractivity contribution < 1.29 is 29.3 Å². The van der Waals surface area contributed by atoms with Crippen molar-refractivity contribution in [1.82, 2.24) is 0 Å². The molecule has 226 valence electrons. The van der Waals surface area contributed by atoms with E-state index in [2.05, 4.69) is 107 Å². The van der Waals surface area contributed by atoms with Crippen LogP contribution in [0.15, 0.2) is 36.4 Å². The third kappa shape index (κ3) is 7.85. The number of aliphatic hydroxyl groups excluding tert-OH is 2. The van der Waals surface area contributed by atoms with Crippen molar-refractivity contribution in [3.63, 3.8) is 0 Å². The normalized spacial score (nSPS) is 14.5. The molecule has 0 amide bonds. The van der Waals surface area contributed by atoms with Crippen LogP contribution in [0.3, 0.4) is 0 Å². The van der Waals surface area contributed by atoms with Crippen LogP contribution in [0.5, 0.6) is 5.75 Å². The second-order valence-corrected chi connectivity index (χ2v) is 15.9. The van der Waals surface area contributed by atoms with Gasteiger partial charge in [-0.15, -0.1) is 0 Å². The second-order valence-electron chi connectivity index (χ2n) is 15.2. The van der Waals surface area contributed by atoms with Gasteiger partial charge in [-0.3, -0.25) is 0 Å². The summed E-state index contributed by atoms with van der Waals surface area (Å²) < 4.78 is 12.6. The van der Waals surface area contributed by atoms with Gasteiger partial charge in [0.15, 0.2) is 0 Å².